The van der Waals surface area contributed by atoms with Crippen LogP contribution >= 0.6 is 22.6 Å². The van der Waals surface area contributed by atoms with Crippen molar-refractivity contribution in [2.45, 2.75) is 39.3 Å². The van der Waals surface area contributed by atoms with E-state index in [1.165, 1.54) is 19.2 Å². The van der Waals surface area contributed by atoms with Crippen molar-refractivity contribution in [3.63, 3.8) is 0 Å². The number of nitro groups is 1. The van der Waals surface area contributed by atoms with Gasteiger partial charge in [0.15, 0.2) is 0 Å². The Morgan fingerprint density at radius 1 is 1.43 bits per heavy atom. The Bertz CT molecular complexity index is 807. The number of carbonyl (C=O) groups is 1. The highest BCUT2D eigenvalue weighted by atomic mass is 127. The SMILES string of the molecule is COC1=NC(C)=C(C(=O)OC(C)C)C(c2cccc([N+](=O)[O-])c2)N1CCCI. The van der Waals surface area contributed by atoms with Crippen LogP contribution in [0.3, 0.4) is 0 Å². The van der Waals surface area contributed by atoms with Crippen LogP contribution in [0.5, 0.6) is 0 Å². The molecule has 0 bridgehead atoms. The van der Waals surface area contributed by atoms with Crippen LogP contribution in [-0.4, -0.2) is 46.0 Å². The number of benzene rings is 1. The maximum absolute atomic E-state index is 12.9. The number of ether oxygens (including phenoxy) is 2. The van der Waals surface area contributed by atoms with E-state index in [0.717, 1.165) is 10.8 Å². The van der Waals surface area contributed by atoms with E-state index in [-0.39, 0.29) is 11.8 Å². The molecule has 0 N–H and O–H groups in total. The van der Waals surface area contributed by atoms with Gasteiger partial charge in [0.2, 0.25) is 0 Å². The van der Waals surface area contributed by atoms with Crippen molar-refractivity contribution in [1.29, 1.82) is 0 Å². The number of rotatable bonds is 7. The number of nitro benzene ring substituents is 1. The standard InChI is InChI=1S/C19H24IN3O5/c1-12(2)28-18(24)16-13(3)21-19(27-4)22(10-6-9-20)17(16)14-7-5-8-15(11-14)23(25)26/h5,7-8,11-12,17H,6,9-10H2,1-4H3. The zero-order valence-electron chi connectivity index (χ0n) is 16.3. The van der Waals surface area contributed by atoms with Crippen LogP contribution in [0.4, 0.5) is 5.69 Å². The lowest BCUT2D eigenvalue weighted by molar-refractivity contribution is -0.384. The molecule has 1 atom stereocenters. The molecule has 0 aliphatic carbocycles. The molecule has 1 aliphatic rings. The van der Waals surface area contributed by atoms with Crippen LogP contribution in [0.2, 0.25) is 0 Å². The van der Waals surface area contributed by atoms with E-state index in [9.17, 15) is 14.9 Å². The Morgan fingerprint density at radius 2 is 2.14 bits per heavy atom. The smallest absolute Gasteiger partial charge is 0.338 e. The van der Waals surface area contributed by atoms with Gasteiger partial charge in [-0.15, -0.1) is 0 Å². The van der Waals surface area contributed by atoms with Gasteiger partial charge < -0.3 is 14.4 Å². The van der Waals surface area contributed by atoms with Crippen LogP contribution in [0, 0.1) is 10.1 Å². The third-order valence-corrected chi connectivity index (χ3v) is 4.92. The van der Waals surface area contributed by atoms with Crippen LogP contribution < -0.4 is 0 Å². The molecular formula is C19H24IN3O5. The summed E-state index contributed by atoms with van der Waals surface area (Å²) in [5.41, 5.74) is 1.41. The average molecular weight is 501 g/mol. The maximum Gasteiger partial charge on any atom is 0.338 e. The quantitative estimate of drug-likeness (QED) is 0.184. The number of amidine groups is 1. The molecule has 0 saturated heterocycles. The van der Waals surface area contributed by atoms with Gasteiger partial charge in [0.1, 0.15) is 0 Å². The van der Waals surface area contributed by atoms with E-state index < -0.39 is 16.9 Å². The molecule has 1 unspecified atom stereocenters. The van der Waals surface area contributed by atoms with Crippen molar-refractivity contribution in [3.05, 3.63) is 51.2 Å². The Kier molecular flexibility index (Phi) is 7.78. The number of halogens is 1. The van der Waals surface area contributed by atoms with E-state index in [2.05, 4.69) is 27.6 Å². The van der Waals surface area contributed by atoms with E-state index in [0.29, 0.717) is 29.4 Å². The first-order valence-corrected chi connectivity index (χ1v) is 10.4. The van der Waals surface area contributed by atoms with Gasteiger partial charge in [-0.25, -0.2) is 9.79 Å². The van der Waals surface area contributed by atoms with Gasteiger partial charge in [0.25, 0.3) is 11.7 Å². The molecule has 0 saturated carbocycles. The summed E-state index contributed by atoms with van der Waals surface area (Å²) in [4.78, 5) is 30.0. The summed E-state index contributed by atoms with van der Waals surface area (Å²) in [7, 11) is 1.52. The number of hydrogen-bond donors (Lipinski definition) is 0. The van der Waals surface area contributed by atoms with Gasteiger partial charge in [-0.3, -0.25) is 10.1 Å². The number of carbonyl (C=O) groups excluding carboxylic acids is 1. The number of hydrogen-bond acceptors (Lipinski definition) is 7. The molecule has 8 nitrogen and oxygen atoms in total. The topological polar surface area (TPSA) is 94.3 Å². The molecule has 28 heavy (non-hydrogen) atoms. The van der Waals surface area contributed by atoms with Crippen LogP contribution in [0.15, 0.2) is 40.5 Å². The molecule has 0 spiro atoms. The summed E-state index contributed by atoms with van der Waals surface area (Å²) < 4.78 is 11.8. The average Bonchev–Trinajstić information content (AvgIpc) is 2.65. The molecule has 2 rings (SSSR count). The molecule has 0 amide bonds. The Labute approximate surface area is 177 Å². The van der Waals surface area contributed by atoms with Crippen LogP contribution in [-0.2, 0) is 14.3 Å². The first kappa shape index (κ1) is 22.1. The predicted octanol–water partition coefficient (Wildman–Crippen LogP) is 4.00. The number of nitrogens with zero attached hydrogens (tertiary/aromatic N) is 3. The lowest BCUT2D eigenvalue weighted by atomic mass is 9.94. The molecule has 152 valence electrons. The summed E-state index contributed by atoms with van der Waals surface area (Å²) >= 11 is 2.28. The third-order valence-electron chi connectivity index (χ3n) is 4.16. The molecule has 1 aromatic carbocycles. The molecule has 0 fully saturated rings. The van der Waals surface area contributed by atoms with Crippen molar-refractivity contribution >= 4 is 40.3 Å². The third kappa shape index (κ3) is 5.00. The molecule has 0 aromatic heterocycles. The van der Waals surface area contributed by atoms with Crippen molar-refractivity contribution in [2.24, 2.45) is 4.99 Å². The molecule has 0 radical (unpaired) electrons. The van der Waals surface area contributed by atoms with Gasteiger partial charge in [-0.2, -0.15) is 0 Å². The predicted molar refractivity (Wildman–Crippen MR) is 114 cm³/mol. The number of esters is 1. The molecule has 1 aliphatic heterocycles. The summed E-state index contributed by atoms with van der Waals surface area (Å²) in [6.07, 6.45) is 0.536. The zero-order valence-corrected chi connectivity index (χ0v) is 18.5. The minimum atomic E-state index is -0.582. The van der Waals surface area contributed by atoms with Gasteiger partial charge in [0.05, 0.1) is 35.4 Å². The largest absolute Gasteiger partial charge is 0.468 e. The Hall–Kier alpha value is -2.17. The van der Waals surface area contributed by atoms with Gasteiger partial charge >= 0.3 is 5.97 Å². The lowest BCUT2D eigenvalue weighted by Gasteiger charge is -2.37. The van der Waals surface area contributed by atoms with Gasteiger partial charge in [0, 0.05) is 23.1 Å². The van der Waals surface area contributed by atoms with Crippen molar-refractivity contribution < 1.29 is 19.2 Å². The highest BCUT2D eigenvalue weighted by molar-refractivity contribution is 14.1. The first-order valence-electron chi connectivity index (χ1n) is 8.91. The van der Waals surface area contributed by atoms with E-state index in [1.807, 2.05) is 4.90 Å². The minimum absolute atomic E-state index is 0.0398. The molecule has 9 heteroatoms. The highest BCUT2D eigenvalue weighted by Gasteiger charge is 2.38. The number of methoxy groups -OCH3 is 1. The highest BCUT2D eigenvalue weighted by Crippen LogP contribution is 2.37. The van der Waals surface area contributed by atoms with Crippen LogP contribution in [0.25, 0.3) is 0 Å². The second-order valence-corrected chi connectivity index (χ2v) is 7.62. The van der Waals surface area contributed by atoms with Gasteiger partial charge in [-0.05, 0) is 32.8 Å². The summed E-state index contributed by atoms with van der Waals surface area (Å²) in [5, 5.41) is 11.3. The van der Waals surface area contributed by atoms with Crippen molar-refractivity contribution in [2.75, 3.05) is 18.1 Å². The van der Waals surface area contributed by atoms with Crippen molar-refractivity contribution in [1.82, 2.24) is 4.90 Å². The fourth-order valence-electron chi connectivity index (χ4n) is 3.04. The lowest BCUT2D eigenvalue weighted by Crippen LogP contribution is -2.42. The summed E-state index contributed by atoms with van der Waals surface area (Å²) in [5.74, 6) is -0.484. The summed E-state index contributed by atoms with van der Waals surface area (Å²) in [6, 6.07) is 6.08. The number of aliphatic imine (C=N–C) groups is 1. The minimum Gasteiger partial charge on any atom is -0.468 e. The first-order chi connectivity index (χ1) is 13.3. The number of alkyl halides is 1. The van der Waals surface area contributed by atoms with Gasteiger partial charge in [-0.1, -0.05) is 34.7 Å². The normalized spacial score (nSPS) is 16.9. The van der Waals surface area contributed by atoms with E-state index in [4.69, 9.17) is 9.47 Å². The fourth-order valence-corrected chi connectivity index (χ4v) is 3.38. The molecule has 1 heterocycles. The van der Waals surface area contributed by atoms with Crippen LogP contribution in [0.1, 0.15) is 38.8 Å². The molecule has 1 aromatic rings. The summed E-state index contributed by atoms with van der Waals surface area (Å²) in [6.45, 7) is 5.85. The fraction of sp³-hybridized carbons (Fsp3) is 0.474. The monoisotopic (exact) mass is 501 g/mol. The molecular weight excluding hydrogens is 477 g/mol. The maximum atomic E-state index is 12.9. The number of allylic oxidation sites excluding steroid dienone is 1. The zero-order chi connectivity index (χ0) is 20.8. The number of non-ortho nitro benzene ring substituents is 1. The van der Waals surface area contributed by atoms with Crippen molar-refractivity contribution in [3.8, 4) is 0 Å². The Balaban J connectivity index is 2.63. The van der Waals surface area contributed by atoms with E-state index >= 15 is 0 Å². The van der Waals surface area contributed by atoms with E-state index in [1.54, 1.807) is 32.9 Å². The Morgan fingerprint density at radius 3 is 2.71 bits per heavy atom. The second-order valence-electron chi connectivity index (χ2n) is 6.54. The second kappa shape index (κ2) is 9.85.